The molecule has 16 heavy (non-hydrogen) atoms. The summed E-state index contributed by atoms with van der Waals surface area (Å²) in [6.07, 6.45) is 1.05. The van der Waals surface area contributed by atoms with Gasteiger partial charge >= 0.3 is 0 Å². The van der Waals surface area contributed by atoms with Crippen LogP contribution in [0, 0.1) is 11.6 Å². The molecule has 5 heteroatoms. The topological polar surface area (TPSA) is 37.3 Å². The number of benzene rings is 1. The molecule has 0 aliphatic heterocycles. The largest absolute Gasteiger partial charge is 0.395 e. The summed E-state index contributed by atoms with van der Waals surface area (Å²) in [5.74, 6) is -1.04. The van der Waals surface area contributed by atoms with Crippen molar-refractivity contribution in [2.24, 2.45) is 0 Å². The summed E-state index contributed by atoms with van der Waals surface area (Å²) in [6.45, 7) is -0.170. The van der Waals surface area contributed by atoms with Gasteiger partial charge in [-0.05, 0) is 30.0 Å². The summed E-state index contributed by atoms with van der Waals surface area (Å²) < 4.78 is 38.2. The van der Waals surface area contributed by atoms with Gasteiger partial charge in [0.05, 0.1) is 11.9 Å². The first-order chi connectivity index (χ1) is 7.63. The van der Waals surface area contributed by atoms with Gasteiger partial charge in [-0.2, -0.15) is 0 Å². The highest BCUT2D eigenvalue weighted by atomic mass is 32.2. The van der Waals surface area contributed by atoms with E-state index in [1.807, 2.05) is 0 Å². The lowest BCUT2D eigenvalue weighted by Crippen LogP contribution is -2.10. The minimum Gasteiger partial charge on any atom is -0.395 e. The summed E-state index contributed by atoms with van der Waals surface area (Å²) in [7, 11) is -1.26. The molecular formula is C11H12F2O2S. The highest BCUT2D eigenvalue weighted by Crippen LogP contribution is 2.37. The van der Waals surface area contributed by atoms with Crippen LogP contribution in [0.5, 0.6) is 0 Å². The Morgan fingerprint density at radius 1 is 1.44 bits per heavy atom. The average Bonchev–Trinajstić information content (AvgIpc) is 2.61. The van der Waals surface area contributed by atoms with Crippen molar-refractivity contribution in [2.45, 2.75) is 18.1 Å². The molecule has 0 saturated carbocycles. The van der Waals surface area contributed by atoms with Crippen LogP contribution in [0.2, 0.25) is 0 Å². The molecule has 0 amide bonds. The van der Waals surface area contributed by atoms with Crippen LogP contribution in [0.1, 0.15) is 22.8 Å². The molecule has 1 N–H and O–H groups in total. The fourth-order valence-corrected chi connectivity index (χ4v) is 3.45. The fraction of sp³-hybridized carbons (Fsp3) is 0.455. The number of fused-ring (bicyclic) bond motifs is 1. The Balaban J connectivity index is 2.35. The molecule has 1 aliphatic rings. The van der Waals surface area contributed by atoms with Crippen LogP contribution >= 0.6 is 0 Å². The number of hydrogen-bond acceptors (Lipinski definition) is 2. The molecule has 0 radical (unpaired) electrons. The van der Waals surface area contributed by atoms with Gasteiger partial charge in [0, 0.05) is 22.6 Å². The maximum atomic E-state index is 13.4. The molecule has 0 bridgehead atoms. The van der Waals surface area contributed by atoms with E-state index in [0.29, 0.717) is 24.0 Å². The van der Waals surface area contributed by atoms with E-state index < -0.39 is 22.4 Å². The highest BCUT2D eigenvalue weighted by Gasteiger charge is 2.29. The molecule has 1 aliphatic carbocycles. The van der Waals surface area contributed by atoms with E-state index in [-0.39, 0.29) is 17.6 Å². The van der Waals surface area contributed by atoms with Crippen LogP contribution < -0.4 is 0 Å². The van der Waals surface area contributed by atoms with Crippen molar-refractivity contribution >= 4 is 10.8 Å². The normalized spacial score (nSPS) is 20.8. The van der Waals surface area contributed by atoms with E-state index in [1.54, 1.807) is 0 Å². The third-order valence-electron chi connectivity index (χ3n) is 2.81. The molecule has 0 aromatic heterocycles. The number of aliphatic hydroxyl groups excluding tert-OH is 1. The summed E-state index contributed by atoms with van der Waals surface area (Å²) in [5.41, 5.74) is 0.974. The van der Waals surface area contributed by atoms with Crippen LogP contribution in [0.15, 0.2) is 12.1 Å². The first-order valence-electron chi connectivity index (χ1n) is 5.09. The second-order valence-electron chi connectivity index (χ2n) is 3.79. The zero-order valence-electron chi connectivity index (χ0n) is 8.58. The van der Waals surface area contributed by atoms with E-state index in [4.69, 9.17) is 5.11 Å². The van der Waals surface area contributed by atoms with Gasteiger partial charge in [0.2, 0.25) is 0 Å². The zero-order chi connectivity index (χ0) is 11.7. The lowest BCUT2D eigenvalue weighted by Gasteiger charge is -2.10. The van der Waals surface area contributed by atoms with Crippen molar-refractivity contribution in [3.63, 3.8) is 0 Å². The van der Waals surface area contributed by atoms with Crippen molar-refractivity contribution in [2.75, 3.05) is 12.4 Å². The minimum absolute atomic E-state index is 0.155. The highest BCUT2D eigenvalue weighted by molar-refractivity contribution is 7.85. The van der Waals surface area contributed by atoms with Crippen LogP contribution in [-0.2, 0) is 17.2 Å². The molecule has 0 heterocycles. The van der Waals surface area contributed by atoms with Gasteiger partial charge in [-0.15, -0.1) is 0 Å². The van der Waals surface area contributed by atoms with E-state index >= 15 is 0 Å². The fourth-order valence-electron chi connectivity index (χ4n) is 2.11. The predicted octanol–water partition coefficient (Wildman–Crippen LogP) is 1.69. The Hall–Kier alpha value is -0.810. The molecule has 2 unspecified atom stereocenters. The summed E-state index contributed by atoms with van der Waals surface area (Å²) in [6, 6.07) is 2.11. The third-order valence-corrected chi connectivity index (χ3v) is 4.52. The van der Waals surface area contributed by atoms with Gasteiger partial charge in [0.1, 0.15) is 11.6 Å². The molecular weight excluding hydrogens is 234 g/mol. The Bertz CT molecular complexity index is 434. The van der Waals surface area contributed by atoms with E-state index in [1.165, 1.54) is 6.07 Å². The van der Waals surface area contributed by atoms with Crippen molar-refractivity contribution in [3.05, 3.63) is 34.9 Å². The van der Waals surface area contributed by atoms with Gasteiger partial charge in [0.15, 0.2) is 0 Å². The summed E-state index contributed by atoms with van der Waals surface area (Å²) in [5, 5.41) is 8.37. The number of aliphatic hydroxyl groups is 1. The van der Waals surface area contributed by atoms with Crippen molar-refractivity contribution in [3.8, 4) is 0 Å². The second-order valence-corrected chi connectivity index (χ2v) is 5.53. The van der Waals surface area contributed by atoms with Crippen molar-refractivity contribution < 1.29 is 18.1 Å². The van der Waals surface area contributed by atoms with Gasteiger partial charge in [0.25, 0.3) is 0 Å². The zero-order valence-corrected chi connectivity index (χ0v) is 9.40. The second kappa shape index (κ2) is 4.59. The first kappa shape index (κ1) is 11.7. The average molecular weight is 246 g/mol. The lowest BCUT2D eigenvalue weighted by atomic mass is 10.1. The standard InChI is InChI=1S/C11H12F2O2S/c12-7-5-9-8(10(13)6-7)1-2-11(9)16(15)4-3-14/h5-6,11,14H,1-4H2. The quantitative estimate of drug-likeness (QED) is 0.881. The summed E-state index contributed by atoms with van der Waals surface area (Å²) in [4.78, 5) is 0. The van der Waals surface area contributed by atoms with E-state index in [0.717, 1.165) is 6.07 Å². The van der Waals surface area contributed by atoms with Crippen LogP contribution in [0.4, 0.5) is 8.78 Å². The SMILES string of the molecule is O=S(CCO)C1CCc2c(F)cc(F)cc21. The molecule has 88 valence electrons. The van der Waals surface area contributed by atoms with E-state index in [9.17, 15) is 13.0 Å². The molecule has 0 fully saturated rings. The first-order valence-corrected chi connectivity index (χ1v) is 6.47. The minimum atomic E-state index is -1.26. The van der Waals surface area contributed by atoms with Gasteiger partial charge in [-0.3, -0.25) is 4.21 Å². The number of hydrogen-bond donors (Lipinski definition) is 1. The Morgan fingerprint density at radius 3 is 2.88 bits per heavy atom. The molecule has 1 aromatic rings. The predicted molar refractivity (Wildman–Crippen MR) is 57.5 cm³/mol. The van der Waals surface area contributed by atoms with Crippen LogP contribution in [-0.4, -0.2) is 21.7 Å². The Morgan fingerprint density at radius 2 is 2.19 bits per heavy atom. The number of rotatable bonds is 3. The van der Waals surface area contributed by atoms with Crippen LogP contribution in [0.25, 0.3) is 0 Å². The molecule has 2 rings (SSSR count). The lowest BCUT2D eigenvalue weighted by molar-refractivity contribution is 0.321. The smallest absolute Gasteiger partial charge is 0.129 e. The number of halogens is 2. The molecule has 2 atom stereocenters. The Kier molecular flexibility index (Phi) is 3.35. The van der Waals surface area contributed by atoms with Crippen molar-refractivity contribution in [1.82, 2.24) is 0 Å². The van der Waals surface area contributed by atoms with Crippen molar-refractivity contribution in [1.29, 1.82) is 0 Å². The molecule has 0 spiro atoms. The van der Waals surface area contributed by atoms with Gasteiger partial charge in [-0.25, -0.2) is 8.78 Å². The third kappa shape index (κ3) is 2.01. The maximum absolute atomic E-state index is 13.4. The summed E-state index contributed by atoms with van der Waals surface area (Å²) >= 11 is 0. The van der Waals surface area contributed by atoms with Crippen LogP contribution in [0.3, 0.4) is 0 Å². The molecule has 2 nitrogen and oxygen atoms in total. The van der Waals surface area contributed by atoms with Gasteiger partial charge in [-0.1, -0.05) is 0 Å². The maximum Gasteiger partial charge on any atom is 0.129 e. The Labute approximate surface area is 94.7 Å². The van der Waals surface area contributed by atoms with Gasteiger partial charge < -0.3 is 5.11 Å². The molecule has 0 saturated heterocycles. The monoisotopic (exact) mass is 246 g/mol. The van der Waals surface area contributed by atoms with E-state index in [2.05, 4.69) is 0 Å². The molecule has 1 aromatic carbocycles.